The van der Waals surface area contributed by atoms with Crippen LogP contribution in [0, 0.1) is 0 Å². The lowest BCUT2D eigenvalue weighted by Gasteiger charge is -1.87. The number of hydrogen-bond donors (Lipinski definition) is 0. The van der Waals surface area contributed by atoms with Crippen LogP contribution in [-0.4, -0.2) is 13.0 Å². The predicted octanol–water partition coefficient (Wildman–Crippen LogP) is 1.18. The van der Waals surface area contributed by atoms with Gasteiger partial charge < -0.3 is 4.79 Å². The third kappa shape index (κ3) is 2.29. The second-order valence-electron chi connectivity index (χ2n) is 1.31. The second kappa shape index (κ2) is 4.24. The van der Waals surface area contributed by atoms with Crippen molar-refractivity contribution in [2.45, 2.75) is 13.3 Å². The number of rotatable bonds is 3. The van der Waals surface area contributed by atoms with Crippen molar-refractivity contribution in [1.82, 2.24) is 0 Å². The Morgan fingerprint density at radius 2 is 2.50 bits per heavy atom. The summed E-state index contributed by atoms with van der Waals surface area (Å²) in [6.45, 7) is 5.10. The van der Waals surface area contributed by atoms with Crippen LogP contribution in [-0.2, 0) is 4.79 Å². The van der Waals surface area contributed by atoms with E-state index in [0.29, 0.717) is 6.42 Å². The van der Waals surface area contributed by atoms with Gasteiger partial charge in [0.05, 0.1) is 0 Å². The van der Waals surface area contributed by atoms with Crippen molar-refractivity contribution >= 4 is 13.0 Å². The van der Waals surface area contributed by atoms with E-state index < -0.39 is 0 Å². The number of nitrogens with zero attached hydrogens (tertiary/aromatic N) is 1. The Morgan fingerprint density at radius 1 is 1.88 bits per heavy atom. The van der Waals surface area contributed by atoms with Gasteiger partial charge in [-0.25, -0.2) is 0 Å². The molecule has 0 spiro atoms. The highest BCUT2D eigenvalue weighted by molar-refractivity contribution is 5.54. The van der Waals surface area contributed by atoms with Crippen LogP contribution in [0.15, 0.2) is 16.8 Å². The average Bonchev–Trinajstić information content (AvgIpc) is 1.83. The molecule has 2 nitrogen and oxygen atoms in total. The van der Waals surface area contributed by atoms with Crippen LogP contribution in [0.5, 0.6) is 0 Å². The first-order chi connectivity index (χ1) is 3.85. The summed E-state index contributed by atoms with van der Waals surface area (Å²) in [5, 5.41) is 0. The summed E-state index contributed by atoms with van der Waals surface area (Å²) in [6, 6.07) is 0. The van der Waals surface area contributed by atoms with Crippen molar-refractivity contribution < 1.29 is 4.79 Å². The molecule has 2 heteroatoms. The van der Waals surface area contributed by atoms with E-state index in [2.05, 4.69) is 11.7 Å². The fraction of sp³-hybridized carbons (Fsp3) is 0.333. The normalized spacial score (nSPS) is 10.9. The van der Waals surface area contributed by atoms with E-state index >= 15 is 0 Å². The molecule has 0 fully saturated rings. The first-order valence-corrected chi connectivity index (χ1v) is 2.40. The highest BCUT2D eigenvalue weighted by atomic mass is 16.1. The predicted molar refractivity (Wildman–Crippen MR) is 34.0 cm³/mol. The van der Waals surface area contributed by atoms with Gasteiger partial charge in [0.1, 0.15) is 6.29 Å². The van der Waals surface area contributed by atoms with Gasteiger partial charge in [0, 0.05) is 12.1 Å². The molecule has 0 aliphatic rings. The summed E-state index contributed by atoms with van der Waals surface area (Å²) in [6.07, 6.45) is 2.95. The van der Waals surface area contributed by atoms with Crippen LogP contribution < -0.4 is 0 Å². The fourth-order valence-corrected chi connectivity index (χ4v) is 0.359. The SMILES string of the molecule is C=N/C(=C/C)CC=O. The van der Waals surface area contributed by atoms with Crippen molar-refractivity contribution in [2.24, 2.45) is 4.99 Å². The number of allylic oxidation sites excluding steroid dienone is 2. The standard InChI is InChI=1S/C6H9NO/c1-3-6(7-2)4-5-8/h3,5H,2,4H2,1H3/b6-3+. The minimum absolute atomic E-state index is 0.375. The third-order valence-corrected chi connectivity index (χ3v) is 0.829. The lowest BCUT2D eigenvalue weighted by molar-refractivity contribution is -0.107. The molecular formula is C6H9NO. The molecule has 0 rings (SSSR count). The summed E-state index contributed by atoms with van der Waals surface area (Å²) in [5.41, 5.74) is 0.736. The Kier molecular flexibility index (Phi) is 3.76. The summed E-state index contributed by atoms with van der Waals surface area (Å²) < 4.78 is 0. The zero-order valence-corrected chi connectivity index (χ0v) is 4.92. The minimum atomic E-state index is 0.375. The Bertz CT molecular complexity index is 116. The molecule has 8 heavy (non-hydrogen) atoms. The Hall–Kier alpha value is -0.920. The van der Waals surface area contributed by atoms with Crippen LogP contribution >= 0.6 is 0 Å². The molecule has 0 saturated heterocycles. The average molecular weight is 111 g/mol. The van der Waals surface area contributed by atoms with Crippen LogP contribution in [0.1, 0.15) is 13.3 Å². The van der Waals surface area contributed by atoms with Crippen molar-refractivity contribution in [3.05, 3.63) is 11.8 Å². The molecule has 0 N–H and O–H groups in total. The number of aliphatic imine (C=N–C) groups is 1. The third-order valence-electron chi connectivity index (χ3n) is 0.829. The molecule has 0 unspecified atom stereocenters. The lowest BCUT2D eigenvalue weighted by atomic mass is 10.3. The van der Waals surface area contributed by atoms with Gasteiger partial charge in [0.15, 0.2) is 0 Å². The number of aldehydes is 1. The molecule has 0 amide bonds. The van der Waals surface area contributed by atoms with Crippen LogP contribution in [0.2, 0.25) is 0 Å². The van der Waals surface area contributed by atoms with E-state index in [9.17, 15) is 4.79 Å². The van der Waals surface area contributed by atoms with Crippen molar-refractivity contribution in [3.63, 3.8) is 0 Å². The van der Waals surface area contributed by atoms with Crippen LogP contribution in [0.4, 0.5) is 0 Å². The summed E-state index contributed by atoms with van der Waals surface area (Å²) in [7, 11) is 0. The van der Waals surface area contributed by atoms with E-state index in [1.807, 2.05) is 6.92 Å². The zero-order chi connectivity index (χ0) is 6.41. The highest BCUT2D eigenvalue weighted by Crippen LogP contribution is 1.96. The van der Waals surface area contributed by atoms with Gasteiger partial charge in [-0.15, -0.1) is 0 Å². The van der Waals surface area contributed by atoms with Crippen molar-refractivity contribution in [3.8, 4) is 0 Å². The molecule has 0 aliphatic heterocycles. The van der Waals surface area contributed by atoms with E-state index in [-0.39, 0.29) is 0 Å². The minimum Gasteiger partial charge on any atom is -0.303 e. The Morgan fingerprint density at radius 3 is 2.62 bits per heavy atom. The molecule has 0 aromatic heterocycles. The molecule has 0 aliphatic carbocycles. The molecule has 0 radical (unpaired) electrons. The summed E-state index contributed by atoms with van der Waals surface area (Å²) in [4.78, 5) is 13.4. The maximum atomic E-state index is 9.80. The Balaban J connectivity index is 3.71. The lowest BCUT2D eigenvalue weighted by Crippen LogP contribution is -1.76. The van der Waals surface area contributed by atoms with Gasteiger partial charge in [0.25, 0.3) is 0 Å². The van der Waals surface area contributed by atoms with Gasteiger partial charge in [-0.2, -0.15) is 0 Å². The van der Waals surface area contributed by atoms with Crippen molar-refractivity contribution in [1.29, 1.82) is 0 Å². The molecule has 0 aromatic carbocycles. The maximum absolute atomic E-state index is 9.80. The summed E-state index contributed by atoms with van der Waals surface area (Å²) >= 11 is 0. The molecule has 0 bridgehead atoms. The fourth-order valence-electron chi connectivity index (χ4n) is 0.359. The number of carbonyl (C=O) groups excluding carboxylic acids is 1. The van der Waals surface area contributed by atoms with E-state index in [1.165, 1.54) is 0 Å². The maximum Gasteiger partial charge on any atom is 0.125 e. The van der Waals surface area contributed by atoms with Gasteiger partial charge in [0.2, 0.25) is 0 Å². The monoisotopic (exact) mass is 111 g/mol. The van der Waals surface area contributed by atoms with Crippen LogP contribution in [0.3, 0.4) is 0 Å². The van der Waals surface area contributed by atoms with Crippen LogP contribution in [0.25, 0.3) is 0 Å². The highest BCUT2D eigenvalue weighted by Gasteiger charge is 1.84. The number of carbonyl (C=O) groups is 1. The van der Waals surface area contributed by atoms with E-state index in [4.69, 9.17) is 0 Å². The largest absolute Gasteiger partial charge is 0.303 e. The quantitative estimate of drug-likeness (QED) is 0.397. The molecule has 44 valence electrons. The smallest absolute Gasteiger partial charge is 0.125 e. The molecule has 0 aromatic rings. The second-order valence-corrected chi connectivity index (χ2v) is 1.31. The van der Waals surface area contributed by atoms with E-state index in [1.54, 1.807) is 6.08 Å². The van der Waals surface area contributed by atoms with Crippen molar-refractivity contribution in [2.75, 3.05) is 0 Å². The van der Waals surface area contributed by atoms with Gasteiger partial charge in [-0.1, -0.05) is 6.08 Å². The molecular weight excluding hydrogens is 102 g/mol. The van der Waals surface area contributed by atoms with Gasteiger partial charge >= 0.3 is 0 Å². The molecule has 0 saturated carbocycles. The molecule has 0 atom stereocenters. The number of hydrogen-bond acceptors (Lipinski definition) is 2. The van der Waals surface area contributed by atoms with Gasteiger partial charge in [-0.3, -0.25) is 4.99 Å². The topological polar surface area (TPSA) is 29.4 Å². The van der Waals surface area contributed by atoms with E-state index in [0.717, 1.165) is 12.0 Å². The molecule has 0 heterocycles. The Labute approximate surface area is 48.9 Å². The zero-order valence-electron chi connectivity index (χ0n) is 4.92. The van der Waals surface area contributed by atoms with Gasteiger partial charge in [-0.05, 0) is 13.6 Å². The first-order valence-electron chi connectivity index (χ1n) is 2.40. The summed E-state index contributed by atoms with van der Waals surface area (Å²) in [5.74, 6) is 0. The first kappa shape index (κ1) is 7.08.